The molecular weight excluding hydrogens is 460 g/mol. The molecule has 1 N–H and O–H groups in total. The molecule has 1 aliphatic heterocycles. The van der Waals surface area contributed by atoms with Gasteiger partial charge in [0.2, 0.25) is 0 Å². The number of ether oxygens (including phenoxy) is 2. The normalized spacial score (nSPS) is 17.2. The van der Waals surface area contributed by atoms with Crippen molar-refractivity contribution in [1.29, 1.82) is 0 Å². The number of aromatic nitrogens is 2. The second-order valence-corrected chi connectivity index (χ2v) is 8.43. The van der Waals surface area contributed by atoms with E-state index < -0.39 is 0 Å². The van der Waals surface area contributed by atoms with E-state index in [0.717, 1.165) is 28.5 Å². The van der Waals surface area contributed by atoms with Crippen molar-refractivity contribution >= 4 is 29.0 Å². The quantitative estimate of drug-likeness (QED) is 0.310. The summed E-state index contributed by atoms with van der Waals surface area (Å²) in [6, 6.07) is 24.8. The zero-order chi connectivity index (χ0) is 24.4. The van der Waals surface area contributed by atoms with Crippen molar-refractivity contribution in [3.05, 3.63) is 108 Å². The molecule has 0 bridgehead atoms. The summed E-state index contributed by atoms with van der Waals surface area (Å²) in [6.07, 6.45) is 3.79. The van der Waals surface area contributed by atoms with Crippen LogP contribution in [-0.2, 0) is 4.74 Å². The molecule has 0 aliphatic carbocycles. The van der Waals surface area contributed by atoms with Gasteiger partial charge in [0, 0.05) is 35.5 Å². The Morgan fingerprint density at radius 1 is 0.971 bits per heavy atom. The molecule has 0 unspecified atom stereocenters. The van der Waals surface area contributed by atoms with Crippen molar-refractivity contribution in [2.45, 2.75) is 12.1 Å². The molecule has 0 spiro atoms. The first-order chi connectivity index (χ1) is 17.1. The van der Waals surface area contributed by atoms with Crippen LogP contribution < -0.4 is 15.0 Å². The van der Waals surface area contributed by atoms with E-state index in [2.05, 4.69) is 25.8 Å². The van der Waals surface area contributed by atoms with E-state index in [-0.39, 0.29) is 18.1 Å². The van der Waals surface area contributed by atoms with Gasteiger partial charge in [-0.15, -0.1) is 0 Å². The minimum atomic E-state index is -0.367. The largest absolute Gasteiger partial charge is 0.497 e. The van der Waals surface area contributed by atoms with Gasteiger partial charge in [0.05, 0.1) is 31.5 Å². The summed E-state index contributed by atoms with van der Waals surface area (Å²) in [4.78, 5) is 18.6. The number of esters is 1. The highest BCUT2D eigenvalue weighted by Gasteiger charge is 2.42. The molecule has 2 atom stereocenters. The van der Waals surface area contributed by atoms with Gasteiger partial charge in [0.15, 0.2) is 5.11 Å². The van der Waals surface area contributed by atoms with Crippen LogP contribution >= 0.6 is 12.2 Å². The molecule has 3 heterocycles. The van der Waals surface area contributed by atoms with Gasteiger partial charge < -0.3 is 24.3 Å². The Morgan fingerprint density at radius 2 is 1.80 bits per heavy atom. The standard InChI is InChI=1S/C27H24N4O3S/c1-33-21-8-5-7-20(17-21)31-25(24(29-27(31)35)22-9-3-4-15-28-22)23-10-6-16-30(23)19-13-11-18(12-14-19)26(32)34-2/h3-17,24-25H,1-2H3,(H,29,35)/t24-,25-/m0/s1. The third kappa shape index (κ3) is 4.24. The van der Waals surface area contributed by atoms with Crippen LogP contribution in [-0.4, -0.2) is 34.9 Å². The number of thiocarbonyl (C=S) groups is 1. The van der Waals surface area contributed by atoms with Crippen molar-refractivity contribution in [2.75, 3.05) is 19.1 Å². The van der Waals surface area contributed by atoms with Gasteiger partial charge in [-0.3, -0.25) is 4.98 Å². The number of methoxy groups -OCH3 is 2. The molecular formula is C27H24N4O3S. The van der Waals surface area contributed by atoms with E-state index in [9.17, 15) is 4.79 Å². The zero-order valence-corrected chi connectivity index (χ0v) is 20.1. The van der Waals surface area contributed by atoms with Crippen molar-refractivity contribution in [2.24, 2.45) is 0 Å². The van der Waals surface area contributed by atoms with Gasteiger partial charge in [-0.1, -0.05) is 12.1 Å². The molecule has 2 aromatic heterocycles. The third-order valence-electron chi connectivity index (χ3n) is 6.08. The lowest BCUT2D eigenvalue weighted by atomic mass is 10.0. The highest BCUT2D eigenvalue weighted by atomic mass is 32.1. The first-order valence-electron chi connectivity index (χ1n) is 11.1. The van der Waals surface area contributed by atoms with E-state index in [1.807, 2.05) is 66.9 Å². The Kier molecular flexibility index (Phi) is 6.20. The molecule has 7 nitrogen and oxygen atoms in total. The van der Waals surface area contributed by atoms with Crippen LogP contribution in [0.3, 0.4) is 0 Å². The molecule has 1 fully saturated rings. The summed E-state index contributed by atoms with van der Waals surface area (Å²) in [7, 11) is 3.03. The number of hydrogen-bond acceptors (Lipinski definition) is 5. The Morgan fingerprint density at radius 3 is 2.51 bits per heavy atom. The average Bonchev–Trinajstić information content (AvgIpc) is 3.53. The Bertz CT molecular complexity index is 1350. The predicted octanol–water partition coefficient (Wildman–Crippen LogP) is 4.84. The number of nitrogens with zero attached hydrogens (tertiary/aromatic N) is 3. The maximum absolute atomic E-state index is 11.9. The van der Waals surface area contributed by atoms with Crippen molar-refractivity contribution in [3.8, 4) is 11.4 Å². The zero-order valence-electron chi connectivity index (χ0n) is 19.3. The van der Waals surface area contributed by atoms with Crippen molar-refractivity contribution in [3.63, 3.8) is 0 Å². The number of carbonyl (C=O) groups excluding carboxylic acids is 1. The molecule has 1 saturated heterocycles. The highest BCUT2D eigenvalue weighted by molar-refractivity contribution is 7.80. The number of rotatable bonds is 6. The van der Waals surface area contributed by atoms with Crippen LogP contribution in [0.1, 0.15) is 33.8 Å². The third-order valence-corrected chi connectivity index (χ3v) is 6.39. The molecule has 5 rings (SSSR count). The van der Waals surface area contributed by atoms with E-state index in [1.54, 1.807) is 25.4 Å². The lowest BCUT2D eigenvalue weighted by Crippen LogP contribution is -2.30. The fraction of sp³-hybridized carbons (Fsp3) is 0.148. The summed E-state index contributed by atoms with van der Waals surface area (Å²) in [5, 5.41) is 4.09. The van der Waals surface area contributed by atoms with E-state index in [4.69, 9.17) is 21.7 Å². The number of nitrogens with one attached hydrogen (secondary N) is 1. The number of anilines is 1. The SMILES string of the molecule is COC(=O)c1ccc(-n2cccc2[C@H]2[C@H](c3ccccn3)NC(=S)N2c2cccc(OC)c2)cc1. The lowest BCUT2D eigenvalue weighted by Gasteiger charge is -2.29. The molecule has 0 amide bonds. The molecule has 0 saturated carbocycles. The smallest absolute Gasteiger partial charge is 0.337 e. The van der Waals surface area contributed by atoms with Crippen molar-refractivity contribution in [1.82, 2.24) is 14.9 Å². The van der Waals surface area contributed by atoms with Gasteiger partial charge in [-0.2, -0.15) is 0 Å². The van der Waals surface area contributed by atoms with Gasteiger partial charge in [-0.25, -0.2) is 4.79 Å². The summed E-state index contributed by atoms with van der Waals surface area (Å²) in [5.41, 5.74) is 4.23. The number of hydrogen-bond donors (Lipinski definition) is 1. The topological polar surface area (TPSA) is 68.6 Å². The summed E-state index contributed by atoms with van der Waals surface area (Å²) in [6.45, 7) is 0. The molecule has 2 aromatic carbocycles. The van der Waals surface area contributed by atoms with Crippen LogP contribution in [0, 0.1) is 0 Å². The molecule has 35 heavy (non-hydrogen) atoms. The van der Waals surface area contributed by atoms with Crippen LogP contribution in [0.2, 0.25) is 0 Å². The minimum Gasteiger partial charge on any atom is -0.497 e. The van der Waals surface area contributed by atoms with E-state index >= 15 is 0 Å². The Balaban J connectivity index is 1.62. The maximum Gasteiger partial charge on any atom is 0.337 e. The molecule has 0 radical (unpaired) electrons. The second-order valence-electron chi connectivity index (χ2n) is 8.04. The molecule has 176 valence electrons. The minimum absolute atomic E-state index is 0.183. The Hall–Kier alpha value is -4.17. The fourth-order valence-electron chi connectivity index (χ4n) is 4.44. The predicted molar refractivity (Wildman–Crippen MR) is 138 cm³/mol. The van der Waals surface area contributed by atoms with Gasteiger partial charge in [0.1, 0.15) is 11.8 Å². The number of carbonyl (C=O) groups is 1. The first kappa shape index (κ1) is 22.6. The summed E-state index contributed by atoms with van der Waals surface area (Å²) < 4.78 is 12.4. The van der Waals surface area contributed by atoms with Gasteiger partial charge in [-0.05, 0) is 72.9 Å². The average molecular weight is 485 g/mol. The molecule has 1 aliphatic rings. The Labute approximate surface area is 208 Å². The molecule has 8 heteroatoms. The van der Waals surface area contributed by atoms with E-state index in [1.165, 1.54) is 7.11 Å². The van der Waals surface area contributed by atoms with Gasteiger partial charge in [0.25, 0.3) is 0 Å². The highest BCUT2D eigenvalue weighted by Crippen LogP contribution is 2.42. The molecule has 4 aromatic rings. The lowest BCUT2D eigenvalue weighted by molar-refractivity contribution is 0.0600. The monoisotopic (exact) mass is 484 g/mol. The van der Waals surface area contributed by atoms with Crippen LogP contribution in [0.5, 0.6) is 5.75 Å². The van der Waals surface area contributed by atoms with Crippen LogP contribution in [0.4, 0.5) is 5.69 Å². The number of benzene rings is 2. The van der Waals surface area contributed by atoms with Crippen molar-refractivity contribution < 1.29 is 14.3 Å². The summed E-state index contributed by atoms with van der Waals surface area (Å²) >= 11 is 5.83. The maximum atomic E-state index is 11.9. The van der Waals surface area contributed by atoms with Crippen LogP contribution in [0.25, 0.3) is 5.69 Å². The first-order valence-corrected chi connectivity index (χ1v) is 11.5. The fourth-order valence-corrected chi connectivity index (χ4v) is 4.79. The summed E-state index contributed by atoms with van der Waals surface area (Å²) in [5.74, 6) is 0.383. The van der Waals surface area contributed by atoms with E-state index in [0.29, 0.717) is 10.7 Å². The van der Waals surface area contributed by atoms with Gasteiger partial charge >= 0.3 is 5.97 Å². The van der Waals surface area contributed by atoms with Crippen LogP contribution in [0.15, 0.2) is 91.3 Å². The second kappa shape index (κ2) is 9.60. The number of pyridine rings is 1.